The number of hydrogen-bond donors (Lipinski definition) is 1. The fourth-order valence-electron chi connectivity index (χ4n) is 3.35. The molecule has 0 radical (unpaired) electrons. The fourth-order valence-corrected chi connectivity index (χ4v) is 3.35. The highest BCUT2D eigenvalue weighted by molar-refractivity contribution is 5.69. The number of pyridine rings is 1. The molecule has 26 heavy (non-hydrogen) atoms. The standard InChI is InChI=1S/C21H27N3O2/c1-2-13-22-20-18(11-8-14-23-20)19-12-6-7-15-24(19)21(25)26-16-17-9-4-3-5-10-17/h3-5,8-11,14,19H,2,6-7,12-13,15-16H2,1H3,(H,22,23). The lowest BCUT2D eigenvalue weighted by Crippen LogP contribution is -2.39. The summed E-state index contributed by atoms with van der Waals surface area (Å²) >= 11 is 0. The van der Waals surface area contributed by atoms with Crippen LogP contribution >= 0.6 is 0 Å². The average Bonchev–Trinajstić information content (AvgIpc) is 2.71. The quantitative estimate of drug-likeness (QED) is 0.813. The summed E-state index contributed by atoms with van der Waals surface area (Å²) in [6.07, 6.45) is 5.63. The summed E-state index contributed by atoms with van der Waals surface area (Å²) in [7, 11) is 0. The molecule has 0 spiro atoms. The summed E-state index contributed by atoms with van der Waals surface area (Å²) in [6.45, 7) is 4.02. The van der Waals surface area contributed by atoms with Crippen molar-refractivity contribution in [3.8, 4) is 0 Å². The van der Waals surface area contributed by atoms with Crippen LogP contribution in [-0.4, -0.2) is 29.1 Å². The molecule has 0 bridgehead atoms. The number of piperidine rings is 1. The van der Waals surface area contributed by atoms with E-state index in [1.165, 1.54) is 0 Å². The predicted octanol–water partition coefficient (Wildman–Crippen LogP) is 4.77. The van der Waals surface area contributed by atoms with Crippen molar-refractivity contribution < 1.29 is 9.53 Å². The maximum absolute atomic E-state index is 12.7. The number of aromatic nitrogens is 1. The number of likely N-dealkylation sites (tertiary alicyclic amines) is 1. The van der Waals surface area contributed by atoms with Crippen LogP contribution in [0.2, 0.25) is 0 Å². The lowest BCUT2D eigenvalue weighted by atomic mass is 9.96. The summed E-state index contributed by atoms with van der Waals surface area (Å²) in [5.74, 6) is 0.877. The molecule has 138 valence electrons. The number of rotatable bonds is 6. The van der Waals surface area contributed by atoms with E-state index in [4.69, 9.17) is 4.74 Å². The Bertz CT molecular complexity index is 705. The van der Waals surface area contributed by atoms with E-state index in [0.717, 1.165) is 55.7 Å². The number of benzene rings is 1. The first kappa shape index (κ1) is 18.2. The van der Waals surface area contributed by atoms with Crippen LogP contribution in [0.15, 0.2) is 48.7 Å². The molecule has 1 aromatic heterocycles. The molecular formula is C21H27N3O2. The number of nitrogens with one attached hydrogen (secondary N) is 1. The fraction of sp³-hybridized carbons (Fsp3) is 0.429. The minimum Gasteiger partial charge on any atom is -0.445 e. The van der Waals surface area contributed by atoms with E-state index in [1.807, 2.05) is 41.3 Å². The van der Waals surface area contributed by atoms with E-state index < -0.39 is 0 Å². The Morgan fingerprint density at radius 2 is 2.08 bits per heavy atom. The van der Waals surface area contributed by atoms with Crippen molar-refractivity contribution in [2.75, 3.05) is 18.4 Å². The van der Waals surface area contributed by atoms with Crippen LogP contribution in [0.4, 0.5) is 10.6 Å². The van der Waals surface area contributed by atoms with Gasteiger partial charge < -0.3 is 15.0 Å². The highest BCUT2D eigenvalue weighted by atomic mass is 16.6. The maximum Gasteiger partial charge on any atom is 0.410 e. The van der Waals surface area contributed by atoms with Crippen molar-refractivity contribution in [2.45, 2.75) is 45.3 Å². The van der Waals surface area contributed by atoms with Gasteiger partial charge in [-0.2, -0.15) is 0 Å². The summed E-state index contributed by atoms with van der Waals surface area (Å²) in [4.78, 5) is 19.1. The second kappa shape index (κ2) is 9.22. The van der Waals surface area contributed by atoms with Crippen molar-refractivity contribution in [2.24, 2.45) is 0 Å². The van der Waals surface area contributed by atoms with Crippen LogP contribution in [0.3, 0.4) is 0 Å². The second-order valence-corrected chi connectivity index (χ2v) is 6.61. The Kier molecular flexibility index (Phi) is 6.47. The van der Waals surface area contributed by atoms with Gasteiger partial charge in [-0.15, -0.1) is 0 Å². The maximum atomic E-state index is 12.7. The third-order valence-corrected chi connectivity index (χ3v) is 4.68. The molecule has 1 aliphatic heterocycles. The molecule has 5 heteroatoms. The molecule has 1 atom stereocenters. The molecule has 2 heterocycles. The number of carbonyl (C=O) groups is 1. The Hall–Kier alpha value is -2.56. The first-order valence-electron chi connectivity index (χ1n) is 9.45. The van der Waals surface area contributed by atoms with Gasteiger partial charge in [-0.05, 0) is 37.3 Å². The zero-order valence-corrected chi connectivity index (χ0v) is 15.4. The molecule has 1 N–H and O–H groups in total. The van der Waals surface area contributed by atoms with Gasteiger partial charge in [0.2, 0.25) is 0 Å². The smallest absolute Gasteiger partial charge is 0.410 e. The van der Waals surface area contributed by atoms with Gasteiger partial charge in [0.25, 0.3) is 0 Å². The Morgan fingerprint density at radius 1 is 1.23 bits per heavy atom. The average molecular weight is 353 g/mol. The Balaban J connectivity index is 1.72. The topological polar surface area (TPSA) is 54.5 Å². The predicted molar refractivity (Wildman–Crippen MR) is 103 cm³/mol. The monoisotopic (exact) mass is 353 g/mol. The van der Waals surface area contributed by atoms with Gasteiger partial charge in [0, 0.05) is 24.8 Å². The van der Waals surface area contributed by atoms with E-state index >= 15 is 0 Å². The number of ether oxygens (including phenoxy) is 1. The van der Waals surface area contributed by atoms with Crippen molar-refractivity contribution in [1.29, 1.82) is 0 Å². The SMILES string of the molecule is CCCNc1ncccc1C1CCCCN1C(=O)OCc1ccccc1. The van der Waals surface area contributed by atoms with Gasteiger partial charge in [0.05, 0.1) is 6.04 Å². The molecule has 3 rings (SSSR count). The van der Waals surface area contributed by atoms with Crippen molar-refractivity contribution in [3.05, 3.63) is 59.8 Å². The van der Waals surface area contributed by atoms with Crippen molar-refractivity contribution >= 4 is 11.9 Å². The van der Waals surface area contributed by atoms with Crippen LogP contribution < -0.4 is 5.32 Å². The highest BCUT2D eigenvalue weighted by Gasteiger charge is 2.30. The summed E-state index contributed by atoms with van der Waals surface area (Å²) in [6, 6.07) is 13.8. The van der Waals surface area contributed by atoms with Gasteiger partial charge in [-0.3, -0.25) is 0 Å². The van der Waals surface area contributed by atoms with Gasteiger partial charge in [-0.1, -0.05) is 43.3 Å². The number of hydrogen-bond acceptors (Lipinski definition) is 4. The minimum absolute atomic E-state index is 0.0140. The van der Waals surface area contributed by atoms with Crippen molar-refractivity contribution in [3.63, 3.8) is 0 Å². The third-order valence-electron chi connectivity index (χ3n) is 4.68. The Morgan fingerprint density at radius 3 is 2.88 bits per heavy atom. The normalized spacial score (nSPS) is 17.0. The molecule has 1 unspecified atom stereocenters. The summed E-state index contributed by atoms with van der Waals surface area (Å²) in [5, 5.41) is 3.39. The van der Waals surface area contributed by atoms with Gasteiger partial charge in [0.15, 0.2) is 0 Å². The zero-order valence-electron chi connectivity index (χ0n) is 15.4. The molecule has 0 saturated carbocycles. The molecule has 1 aliphatic rings. The molecule has 5 nitrogen and oxygen atoms in total. The molecule has 1 amide bonds. The van der Waals surface area contributed by atoms with Crippen LogP contribution in [0, 0.1) is 0 Å². The van der Waals surface area contributed by atoms with Crippen LogP contribution in [0.5, 0.6) is 0 Å². The molecule has 1 fully saturated rings. The largest absolute Gasteiger partial charge is 0.445 e. The van der Waals surface area contributed by atoms with E-state index in [9.17, 15) is 4.79 Å². The lowest BCUT2D eigenvalue weighted by Gasteiger charge is -2.35. The molecule has 0 aliphatic carbocycles. The first-order chi connectivity index (χ1) is 12.8. The van der Waals surface area contributed by atoms with Gasteiger partial charge >= 0.3 is 6.09 Å². The van der Waals surface area contributed by atoms with Crippen LogP contribution in [0.25, 0.3) is 0 Å². The second-order valence-electron chi connectivity index (χ2n) is 6.61. The molecule has 1 saturated heterocycles. The summed E-state index contributed by atoms with van der Waals surface area (Å²) < 4.78 is 5.59. The zero-order chi connectivity index (χ0) is 18.2. The van der Waals surface area contributed by atoms with E-state index in [-0.39, 0.29) is 12.1 Å². The highest BCUT2D eigenvalue weighted by Crippen LogP contribution is 2.34. The Labute approximate surface area is 155 Å². The molecule has 2 aromatic rings. The third kappa shape index (κ3) is 4.54. The molecule has 1 aromatic carbocycles. The summed E-state index contributed by atoms with van der Waals surface area (Å²) in [5.41, 5.74) is 2.08. The van der Waals surface area contributed by atoms with E-state index in [1.54, 1.807) is 6.20 Å². The number of carbonyl (C=O) groups excluding carboxylic acids is 1. The molecular weight excluding hydrogens is 326 g/mol. The van der Waals surface area contributed by atoms with E-state index in [0.29, 0.717) is 6.61 Å². The number of anilines is 1. The minimum atomic E-state index is -0.246. The van der Waals surface area contributed by atoms with Crippen LogP contribution in [-0.2, 0) is 11.3 Å². The van der Waals surface area contributed by atoms with Gasteiger partial charge in [0.1, 0.15) is 12.4 Å². The number of amides is 1. The first-order valence-corrected chi connectivity index (χ1v) is 9.45. The van der Waals surface area contributed by atoms with E-state index in [2.05, 4.69) is 23.3 Å². The lowest BCUT2D eigenvalue weighted by molar-refractivity contribution is 0.0680. The van der Waals surface area contributed by atoms with Crippen molar-refractivity contribution in [1.82, 2.24) is 9.88 Å². The number of nitrogens with zero attached hydrogens (tertiary/aromatic N) is 2. The van der Waals surface area contributed by atoms with Gasteiger partial charge in [-0.25, -0.2) is 9.78 Å². The van der Waals surface area contributed by atoms with Crippen LogP contribution in [0.1, 0.15) is 49.8 Å².